The molecule has 0 saturated carbocycles. The molecular formula is C13H16BrN3O. The summed E-state index contributed by atoms with van der Waals surface area (Å²) in [5.41, 5.74) is 8.46. The molecule has 96 valence electrons. The highest BCUT2D eigenvalue weighted by Crippen LogP contribution is 2.26. The molecule has 0 fully saturated rings. The van der Waals surface area contributed by atoms with Crippen LogP contribution in [0.25, 0.3) is 0 Å². The van der Waals surface area contributed by atoms with Crippen LogP contribution in [0.4, 0.5) is 5.69 Å². The van der Waals surface area contributed by atoms with Gasteiger partial charge in [-0.2, -0.15) is 5.10 Å². The minimum absolute atomic E-state index is 0.469. The number of halogens is 1. The first-order valence-corrected chi connectivity index (χ1v) is 6.61. The Morgan fingerprint density at radius 2 is 2.11 bits per heavy atom. The van der Waals surface area contributed by atoms with E-state index in [-0.39, 0.29) is 0 Å². The van der Waals surface area contributed by atoms with E-state index in [0.29, 0.717) is 18.2 Å². The van der Waals surface area contributed by atoms with Crippen molar-refractivity contribution in [2.45, 2.75) is 27.0 Å². The van der Waals surface area contributed by atoms with Crippen molar-refractivity contribution in [3.05, 3.63) is 40.0 Å². The van der Waals surface area contributed by atoms with Crippen molar-refractivity contribution in [2.75, 3.05) is 5.73 Å². The summed E-state index contributed by atoms with van der Waals surface area (Å²) in [4.78, 5) is 0. The van der Waals surface area contributed by atoms with Crippen molar-refractivity contribution in [1.82, 2.24) is 9.78 Å². The normalized spacial score (nSPS) is 10.6. The number of nitrogen functional groups attached to an aromatic ring is 1. The Labute approximate surface area is 115 Å². The van der Waals surface area contributed by atoms with Gasteiger partial charge in [0.1, 0.15) is 12.3 Å². The third-order valence-corrected chi connectivity index (χ3v) is 3.52. The second-order valence-electron chi connectivity index (χ2n) is 4.00. The van der Waals surface area contributed by atoms with E-state index in [0.717, 1.165) is 22.3 Å². The fraction of sp³-hybridized carbons (Fsp3) is 0.308. The number of ether oxygens (including phenoxy) is 1. The molecule has 0 atom stereocenters. The van der Waals surface area contributed by atoms with Gasteiger partial charge in [0.15, 0.2) is 0 Å². The van der Waals surface area contributed by atoms with Crippen molar-refractivity contribution in [1.29, 1.82) is 0 Å². The average Bonchev–Trinajstić information content (AvgIpc) is 2.65. The first-order chi connectivity index (χ1) is 8.63. The molecule has 0 bridgehead atoms. The third-order valence-electron chi connectivity index (χ3n) is 2.75. The van der Waals surface area contributed by atoms with E-state index in [9.17, 15) is 0 Å². The van der Waals surface area contributed by atoms with Gasteiger partial charge in [-0.1, -0.05) is 34.1 Å². The van der Waals surface area contributed by atoms with E-state index in [1.807, 2.05) is 38.1 Å². The van der Waals surface area contributed by atoms with Gasteiger partial charge in [0.2, 0.25) is 5.88 Å². The van der Waals surface area contributed by atoms with Crippen molar-refractivity contribution in [2.24, 2.45) is 0 Å². The molecule has 1 aromatic carbocycles. The molecule has 0 aliphatic heterocycles. The van der Waals surface area contributed by atoms with Crippen molar-refractivity contribution in [3.8, 4) is 5.88 Å². The summed E-state index contributed by atoms with van der Waals surface area (Å²) in [6, 6.07) is 7.96. The van der Waals surface area contributed by atoms with Crippen LogP contribution in [0.15, 0.2) is 28.7 Å². The maximum atomic E-state index is 5.96. The summed E-state index contributed by atoms with van der Waals surface area (Å²) in [5, 5.41) is 4.32. The van der Waals surface area contributed by atoms with Gasteiger partial charge in [-0.3, -0.25) is 0 Å². The smallest absolute Gasteiger partial charge is 0.236 e. The molecular weight excluding hydrogens is 294 g/mol. The third kappa shape index (κ3) is 2.51. The quantitative estimate of drug-likeness (QED) is 0.944. The van der Waals surface area contributed by atoms with E-state index < -0.39 is 0 Å². The Balaban J connectivity index is 2.18. The Morgan fingerprint density at radius 3 is 2.78 bits per heavy atom. The number of anilines is 1. The predicted molar refractivity (Wildman–Crippen MR) is 75.5 cm³/mol. The molecule has 0 aliphatic rings. The monoisotopic (exact) mass is 309 g/mol. The van der Waals surface area contributed by atoms with Gasteiger partial charge in [-0.25, -0.2) is 4.68 Å². The van der Waals surface area contributed by atoms with Crippen LogP contribution in [0, 0.1) is 6.92 Å². The number of benzene rings is 1. The number of aryl methyl sites for hydroxylation is 2. The summed E-state index contributed by atoms with van der Waals surface area (Å²) in [6.45, 7) is 5.10. The number of nitrogens with two attached hydrogens (primary N) is 1. The molecule has 2 aromatic rings. The van der Waals surface area contributed by atoms with Crippen molar-refractivity contribution < 1.29 is 4.74 Å². The van der Waals surface area contributed by atoms with Crippen LogP contribution in [-0.4, -0.2) is 9.78 Å². The zero-order chi connectivity index (χ0) is 13.1. The van der Waals surface area contributed by atoms with Crippen LogP contribution in [0.3, 0.4) is 0 Å². The van der Waals surface area contributed by atoms with Crippen LogP contribution < -0.4 is 10.5 Å². The Morgan fingerprint density at radius 1 is 1.39 bits per heavy atom. The van der Waals surface area contributed by atoms with E-state index in [1.165, 1.54) is 0 Å². The molecule has 1 heterocycles. The summed E-state index contributed by atoms with van der Waals surface area (Å²) in [6.07, 6.45) is 0. The number of nitrogens with zero attached hydrogens (tertiary/aromatic N) is 2. The fourth-order valence-electron chi connectivity index (χ4n) is 1.70. The maximum Gasteiger partial charge on any atom is 0.236 e. The molecule has 2 N–H and O–H groups in total. The van der Waals surface area contributed by atoms with Gasteiger partial charge >= 0.3 is 0 Å². The molecule has 18 heavy (non-hydrogen) atoms. The number of hydrogen-bond acceptors (Lipinski definition) is 3. The highest BCUT2D eigenvalue weighted by Gasteiger charge is 2.13. The molecule has 0 aliphatic carbocycles. The lowest BCUT2D eigenvalue weighted by Crippen LogP contribution is -2.05. The minimum atomic E-state index is 0.469. The lowest BCUT2D eigenvalue weighted by molar-refractivity contribution is 0.275. The lowest BCUT2D eigenvalue weighted by atomic mass is 10.2. The zero-order valence-corrected chi connectivity index (χ0v) is 12.1. The summed E-state index contributed by atoms with van der Waals surface area (Å²) < 4.78 is 8.60. The second-order valence-corrected chi connectivity index (χ2v) is 4.85. The Hall–Kier alpha value is -1.49. The van der Waals surface area contributed by atoms with Crippen molar-refractivity contribution >= 4 is 21.6 Å². The van der Waals surface area contributed by atoms with Gasteiger partial charge in [0, 0.05) is 16.6 Å². The topological polar surface area (TPSA) is 53.1 Å². The molecule has 5 heteroatoms. The summed E-state index contributed by atoms with van der Waals surface area (Å²) in [7, 11) is 0. The average molecular weight is 310 g/mol. The van der Waals surface area contributed by atoms with E-state index >= 15 is 0 Å². The van der Waals surface area contributed by atoms with Crippen LogP contribution in [0.5, 0.6) is 5.88 Å². The van der Waals surface area contributed by atoms with Gasteiger partial charge in [-0.05, 0) is 19.9 Å². The SMILES string of the molecule is CCn1nc(C)c(N)c1OCc1ccccc1Br. The molecule has 0 unspecified atom stereocenters. The first-order valence-electron chi connectivity index (χ1n) is 5.82. The summed E-state index contributed by atoms with van der Waals surface area (Å²) >= 11 is 3.50. The fourth-order valence-corrected chi connectivity index (χ4v) is 2.10. The van der Waals surface area contributed by atoms with E-state index in [2.05, 4.69) is 21.0 Å². The molecule has 0 saturated heterocycles. The summed E-state index contributed by atoms with van der Waals surface area (Å²) in [5.74, 6) is 0.644. The standard InChI is InChI=1S/C13H16BrN3O/c1-3-17-13(12(15)9(2)16-17)18-8-10-6-4-5-7-11(10)14/h4-7H,3,8,15H2,1-2H3. The first kappa shape index (κ1) is 13.0. The van der Waals surface area contributed by atoms with Gasteiger partial charge in [-0.15, -0.1) is 0 Å². The molecule has 0 radical (unpaired) electrons. The Bertz CT molecular complexity index is 551. The van der Waals surface area contributed by atoms with Crippen LogP contribution in [0.2, 0.25) is 0 Å². The highest BCUT2D eigenvalue weighted by atomic mass is 79.9. The van der Waals surface area contributed by atoms with E-state index in [1.54, 1.807) is 4.68 Å². The molecule has 4 nitrogen and oxygen atoms in total. The van der Waals surface area contributed by atoms with Crippen LogP contribution in [0.1, 0.15) is 18.2 Å². The van der Waals surface area contributed by atoms with Gasteiger partial charge < -0.3 is 10.5 Å². The largest absolute Gasteiger partial charge is 0.471 e. The van der Waals surface area contributed by atoms with E-state index in [4.69, 9.17) is 10.5 Å². The van der Waals surface area contributed by atoms with Gasteiger partial charge in [0.05, 0.1) is 5.69 Å². The highest BCUT2D eigenvalue weighted by molar-refractivity contribution is 9.10. The zero-order valence-electron chi connectivity index (χ0n) is 10.5. The maximum absolute atomic E-state index is 5.96. The number of aromatic nitrogens is 2. The van der Waals surface area contributed by atoms with Crippen molar-refractivity contribution in [3.63, 3.8) is 0 Å². The Kier molecular flexibility index (Phi) is 3.91. The number of hydrogen-bond donors (Lipinski definition) is 1. The van der Waals surface area contributed by atoms with Crippen LogP contribution >= 0.6 is 15.9 Å². The number of rotatable bonds is 4. The molecule has 2 rings (SSSR count). The van der Waals surface area contributed by atoms with Gasteiger partial charge in [0.25, 0.3) is 0 Å². The lowest BCUT2D eigenvalue weighted by Gasteiger charge is -2.09. The molecule has 1 aromatic heterocycles. The molecule has 0 amide bonds. The van der Waals surface area contributed by atoms with Crippen LogP contribution in [-0.2, 0) is 13.2 Å². The second kappa shape index (κ2) is 5.44. The predicted octanol–water partition coefficient (Wildman–Crippen LogP) is 3.14. The minimum Gasteiger partial charge on any atom is -0.471 e. The molecule has 0 spiro atoms.